The van der Waals surface area contributed by atoms with E-state index in [0.717, 1.165) is 0 Å². The van der Waals surface area contributed by atoms with Gasteiger partial charge in [0.05, 0.1) is 23.5 Å². The van der Waals surface area contributed by atoms with Gasteiger partial charge in [-0.25, -0.2) is 8.42 Å². The van der Waals surface area contributed by atoms with Gasteiger partial charge >= 0.3 is 5.97 Å². The van der Waals surface area contributed by atoms with Crippen LogP contribution >= 0.6 is 0 Å². The molecule has 0 aromatic heterocycles. The number of carboxylic acid groups (broad SMARTS) is 1. The number of aliphatic hydroxyl groups is 1. The van der Waals surface area contributed by atoms with Crippen molar-refractivity contribution in [3.05, 3.63) is 0 Å². The lowest BCUT2D eigenvalue weighted by Gasteiger charge is -2.29. The SMILES string of the molecule is O=C(O)C1(CO)CC12CS(=O)(=O)C2. The molecule has 2 rings (SSSR count). The van der Waals surface area contributed by atoms with Crippen LogP contribution in [0, 0.1) is 10.8 Å². The highest BCUT2D eigenvalue weighted by molar-refractivity contribution is 7.92. The fourth-order valence-electron chi connectivity index (χ4n) is 2.31. The lowest BCUT2D eigenvalue weighted by atomic mass is 9.96. The van der Waals surface area contributed by atoms with Crippen molar-refractivity contribution in [1.82, 2.24) is 0 Å². The normalized spacial score (nSPS) is 38.2. The van der Waals surface area contributed by atoms with Gasteiger partial charge in [0, 0.05) is 5.41 Å². The van der Waals surface area contributed by atoms with Gasteiger partial charge in [-0.3, -0.25) is 4.79 Å². The maximum Gasteiger partial charge on any atom is 0.312 e. The summed E-state index contributed by atoms with van der Waals surface area (Å²) in [7, 11) is -3.02. The third-order valence-electron chi connectivity index (χ3n) is 3.20. The zero-order chi connectivity index (χ0) is 9.91. The molecule has 1 atom stereocenters. The minimum absolute atomic E-state index is 0.0765. The third-order valence-corrected chi connectivity index (χ3v) is 5.19. The summed E-state index contributed by atoms with van der Waals surface area (Å²) >= 11 is 0. The number of carboxylic acids is 1. The molecule has 5 nitrogen and oxygen atoms in total. The minimum Gasteiger partial charge on any atom is -0.481 e. The van der Waals surface area contributed by atoms with Crippen LogP contribution in [0.25, 0.3) is 0 Å². The van der Waals surface area contributed by atoms with Crippen molar-refractivity contribution in [2.45, 2.75) is 6.42 Å². The van der Waals surface area contributed by atoms with Crippen molar-refractivity contribution in [3.8, 4) is 0 Å². The quantitative estimate of drug-likeness (QED) is 0.596. The molecule has 2 fully saturated rings. The lowest BCUT2D eigenvalue weighted by molar-refractivity contribution is -0.146. The van der Waals surface area contributed by atoms with E-state index in [-0.39, 0.29) is 11.5 Å². The summed E-state index contributed by atoms with van der Waals surface area (Å²) in [4.78, 5) is 10.8. The summed E-state index contributed by atoms with van der Waals surface area (Å²) < 4.78 is 21.8. The zero-order valence-electron chi connectivity index (χ0n) is 6.86. The van der Waals surface area contributed by atoms with E-state index in [1.165, 1.54) is 0 Å². The van der Waals surface area contributed by atoms with Crippen LogP contribution < -0.4 is 0 Å². The fraction of sp³-hybridized carbons (Fsp3) is 0.857. The minimum atomic E-state index is -3.02. The second-order valence-corrected chi connectivity index (χ2v) is 6.10. The average molecular weight is 206 g/mol. The molecule has 1 saturated heterocycles. The number of aliphatic hydroxyl groups excluding tert-OH is 1. The zero-order valence-corrected chi connectivity index (χ0v) is 7.67. The van der Waals surface area contributed by atoms with E-state index < -0.39 is 33.2 Å². The van der Waals surface area contributed by atoms with Crippen molar-refractivity contribution >= 4 is 15.8 Å². The van der Waals surface area contributed by atoms with Gasteiger partial charge in [0.1, 0.15) is 0 Å². The van der Waals surface area contributed by atoms with Crippen LogP contribution in [0.2, 0.25) is 0 Å². The second-order valence-electron chi connectivity index (χ2n) is 4.03. The lowest BCUT2D eigenvalue weighted by Crippen LogP contribution is -2.45. The van der Waals surface area contributed by atoms with Gasteiger partial charge in [0.15, 0.2) is 9.84 Å². The van der Waals surface area contributed by atoms with Crippen LogP contribution in [-0.4, -0.2) is 42.7 Å². The molecule has 2 N–H and O–H groups in total. The van der Waals surface area contributed by atoms with Gasteiger partial charge < -0.3 is 10.2 Å². The number of aliphatic carboxylic acids is 1. The van der Waals surface area contributed by atoms with Gasteiger partial charge in [0.2, 0.25) is 0 Å². The van der Waals surface area contributed by atoms with Gasteiger partial charge in [-0.15, -0.1) is 0 Å². The summed E-state index contributed by atoms with van der Waals surface area (Å²) in [6.45, 7) is -0.460. The molecule has 1 aliphatic carbocycles. The molecule has 1 spiro atoms. The monoisotopic (exact) mass is 206 g/mol. The smallest absolute Gasteiger partial charge is 0.312 e. The Morgan fingerprint density at radius 3 is 2.15 bits per heavy atom. The van der Waals surface area contributed by atoms with E-state index in [2.05, 4.69) is 0 Å². The van der Waals surface area contributed by atoms with E-state index in [1.807, 2.05) is 0 Å². The van der Waals surface area contributed by atoms with Crippen LogP contribution in [0.4, 0.5) is 0 Å². The molecule has 0 bridgehead atoms. The molecule has 0 radical (unpaired) electrons. The van der Waals surface area contributed by atoms with Crippen molar-refractivity contribution in [1.29, 1.82) is 0 Å². The molecule has 0 amide bonds. The van der Waals surface area contributed by atoms with E-state index >= 15 is 0 Å². The average Bonchev–Trinajstić information content (AvgIpc) is 2.56. The molecule has 6 heteroatoms. The van der Waals surface area contributed by atoms with Crippen LogP contribution in [0.3, 0.4) is 0 Å². The first-order chi connectivity index (χ1) is 5.88. The Morgan fingerprint density at radius 2 is 1.92 bits per heavy atom. The molecule has 13 heavy (non-hydrogen) atoms. The Balaban J connectivity index is 2.22. The molecular formula is C7H10O5S. The molecule has 0 aromatic carbocycles. The number of sulfone groups is 1. The van der Waals surface area contributed by atoms with Crippen molar-refractivity contribution in [2.24, 2.45) is 10.8 Å². The molecule has 1 aliphatic heterocycles. The molecule has 1 unspecified atom stereocenters. The summed E-state index contributed by atoms with van der Waals surface area (Å²) in [6.07, 6.45) is 0.297. The maximum absolute atomic E-state index is 10.9. The molecule has 74 valence electrons. The topological polar surface area (TPSA) is 91.7 Å². The highest BCUT2D eigenvalue weighted by Crippen LogP contribution is 2.69. The third kappa shape index (κ3) is 0.899. The maximum atomic E-state index is 10.9. The Kier molecular flexibility index (Phi) is 1.42. The molecule has 1 saturated carbocycles. The van der Waals surface area contributed by atoms with Gasteiger partial charge in [0.25, 0.3) is 0 Å². The predicted molar refractivity (Wildman–Crippen MR) is 42.9 cm³/mol. The van der Waals surface area contributed by atoms with E-state index in [1.54, 1.807) is 0 Å². The number of rotatable bonds is 2. The van der Waals surface area contributed by atoms with Crippen LogP contribution in [0.15, 0.2) is 0 Å². The Morgan fingerprint density at radius 1 is 1.38 bits per heavy atom. The van der Waals surface area contributed by atoms with E-state index in [0.29, 0.717) is 6.42 Å². The van der Waals surface area contributed by atoms with Gasteiger partial charge in [-0.2, -0.15) is 0 Å². The molecule has 1 heterocycles. The predicted octanol–water partition coefficient (Wildman–Crippen LogP) is -1.13. The Hall–Kier alpha value is -0.620. The number of hydrogen-bond acceptors (Lipinski definition) is 4. The second kappa shape index (κ2) is 2.06. The highest BCUT2D eigenvalue weighted by atomic mass is 32.2. The fourth-order valence-corrected chi connectivity index (χ4v) is 4.66. The standard InChI is InChI=1S/C7H10O5S/c8-2-7(5(9)10)1-6(7)3-13(11,12)4-6/h8H,1-4H2,(H,9,10). The van der Waals surface area contributed by atoms with Gasteiger partial charge in [-0.1, -0.05) is 0 Å². The van der Waals surface area contributed by atoms with Crippen LogP contribution in [0.5, 0.6) is 0 Å². The molecular weight excluding hydrogens is 196 g/mol. The Labute approximate surface area is 75.3 Å². The molecule has 2 aliphatic rings. The van der Waals surface area contributed by atoms with Crippen LogP contribution in [0.1, 0.15) is 6.42 Å². The first kappa shape index (κ1) is 8.96. The van der Waals surface area contributed by atoms with Crippen molar-refractivity contribution in [3.63, 3.8) is 0 Å². The first-order valence-corrected chi connectivity index (χ1v) is 5.74. The summed E-state index contributed by atoms with van der Waals surface area (Å²) in [5.74, 6) is -1.23. The van der Waals surface area contributed by atoms with Crippen molar-refractivity contribution in [2.75, 3.05) is 18.1 Å². The first-order valence-electron chi connectivity index (χ1n) is 3.92. The number of hydrogen-bond donors (Lipinski definition) is 2. The largest absolute Gasteiger partial charge is 0.481 e. The summed E-state index contributed by atoms with van der Waals surface area (Å²) in [5.41, 5.74) is -1.81. The van der Waals surface area contributed by atoms with Crippen LogP contribution in [-0.2, 0) is 14.6 Å². The van der Waals surface area contributed by atoms with Crippen molar-refractivity contribution < 1.29 is 23.4 Å². The highest BCUT2D eigenvalue weighted by Gasteiger charge is 2.78. The van der Waals surface area contributed by atoms with Gasteiger partial charge in [-0.05, 0) is 6.42 Å². The van der Waals surface area contributed by atoms with E-state index in [4.69, 9.17) is 10.2 Å². The summed E-state index contributed by atoms with van der Waals surface area (Å²) in [5, 5.41) is 17.7. The molecule has 0 aromatic rings. The van der Waals surface area contributed by atoms with E-state index in [9.17, 15) is 13.2 Å². The summed E-state index contributed by atoms with van der Waals surface area (Å²) in [6, 6.07) is 0. The number of carbonyl (C=O) groups is 1. The Bertz CT molecular complexity index is 358.